The Morgan fingerprint density at radius 2 is 2.33 bits per heavy atom. The Labute approximate surface area is 109 Å². The molecule has 0 atom stereocenters. The lowest BCUT2D eigenvalue weighted by Gasteiger charge is -2.04. The van der Waals surface area contributed by atoms with E-state index in [1.807, 2.05) is 17.5 Å². The summed E-state index contributed by atoms with van der Waals surface area (Å²) in [6, 6.07) is 3.88. The number of nitrogens with zero attached hydrogens (tertiary/aromatic N) is 1. The van der Waals surface area contributed by atoms with Crippen LogP contribution in [0.5, 0.6) is 0 Å². The maximum Gasteiger partial charge on any atom is 0.247 e. The van der Waals surface area contributed by atoms with Gasteiger partial charge in [0.05, 0.1) is 0 Å². The quantitative estimate of drug-likeness (QED) is 0.859. The van der Waals surface area contributed by atoms with Crippen molar-refractivity contribution < 1.29 is 12.9 Å². The molecular formula is C10H13N3O3S2. The summed E-state index contributed by atoms with van der Waals surface area (Å²) in [6.07, 6.45) is 0.640. The van der Waals surface area contributed by atoms with Crippen molar-refractivity contribution in [2.75, 3.05) is 12.3 Å². The molecule has 0 aliphatic heterocycles. The molecule has 2 aromatic rings. The van der Waals surface area contributed by atoms with Crippen molar-refractivity contribution in [1.82, 2.24) is 9.88 Å². The number of nitrogen functional groups attached to an aromatic ring is 1. The van der Waals surface area contributed by atoms with Gasteiger partial charge in [0.25, 0.3) is 0 Å². The second-order valence-electron chi connectivity index (χ2n) is 3.68. The van der Waals surface area contributed by atoms with E-state index in [2.05, 4.69) is 9.88 Å². The molecule has 3 N–H and O–H groups in total. The van der Waals surface area contributed by atoms with Crippen molar-refractivity contribution in [2.45, 2.75) is 18.2 Å². The van der Waals surface area contributed by atoms with E-state index < -0.39 is 10.0 Å². The third kappa shape index (κ3) is 2.71. The molecule has 6 nitrogen and oxygen atoms in total. The Kier molecular flexibility index (Phi) is 3.69. The van der Waals surface area contributed by atoms with E-state index in [9.17, 15) is 8.42 Å². The number of aryl methyl sites for hydroxylation is 1. The van der Waals surface area contributed by atoms with Crippen molar-refractivity contribution >= 4 is 27.2 Å². The molecule has 0 bridgehead atoms. The summed E-state index contributed by atoms with van der Waals surface area (Å²) in [4.78, 5) is 1.04. The Balaban J connectivity index is 2.04. The molecule has 18 heavy (non-hydrogen) atoms. The number of anilines is 1. The van der Waals surface area contributed by atoms with Gasteiger partial charge in [-0.15, -0.1) is 11.3 Å². The minimum absolute atomic E-state index is 0.0753. The summed E-state index contributed by atoms with van der Waals surface area (Å²) >= 11 is 1.59. The molecule has 2 rings (SSSR count). The molecule has 2 aromatic heterocycles. The number of aromatic nitrogens is 1. The standard InChI is InChI=1S/C10H13N3O3S2/c1-7-9(10(11)13-16-7)18(14,15)12-5-4-8-3-2-6-17-8/h2-3,6,12H,4-5H2,1H3,(H2,11,13). The highest BCUT2D eigenvalue weighted by atomic mass is 32.2. The summed E-state index contributed by atoms with van der Waals surface area (Å²) in [5.74, 6) is 0.0762. The average Bonchev–Trinajstić information content (AvgIpc) is 2.89. The number of nitrogens with one attached hydrogen (secondary N) is 1. The third-order valence-electron chi connectivity index (χ3n) is 2.35. The first-order chi connectivity index (χ1) is 8.50. The van der Waals surface area contributed by atoms with E-state index in [1.165, 1.54) is 6.92 Å². The minimum atomic E-state index is -3.66. The highest BCUT2D eigenvalue weighted by Crippen LogP contribution is 2.21. The number of nitrogens with two attached hydrogens (primary N) is 1. The van der Waals surface area contributed by atoms with Gasteiger partial charge >= 0.3 is 0 Å². The fourth-order valence-electron chi connectivity index (χ4n) is 1.54. The topological polar surface area (TPSA) is 98.2 Å². The normalized spacial score (nSPS) is 11.8. The second-order valence-corrected chi connectivity index (χ2v) is 6.42. The Bertz CT molecular complexity index is 597. The average molecular weight is 287 g/mol. The highest BCUT2D eigenvalue weighted by Gasteiger charge is 2.24. The first-order valence-corrected chi connectivity index (χ1v) is 7.61. The zero-order valence-corrected chi connectivity index (χ0v) is 11.3. The smallest absolute Gasteiger partial charge is 0.247 e. The van der Waals surface area contributed by atoms with Gasteiger partial charge in [0.1, 0.15) is 0 Å². The molecule has 0 aliphatic rings. The molecule has 0 radical (unpaired) electrons. The van der Waals surface area contributed by atoms with Gasteiger partial charge in [-0.1, -0.05) is 11.2 Å². The van der Waals surface area contributed by atoms with Crippen LogP contribution in [-0.4, -0.2) is 20.1 Å². The van der Waals surface area contributed by atoms with E-state index in [0.29, 0.717) is 13.0 Å². The number of rotatable bonds is 5. The van der Waals surface area contributed by atoms with E-state index in [1.54, 1.807) is 11.3 Å². The molecule has 0 saturated carbocycles. The lowest BCUT2D eigenvalue weighted by atomic mass is 10.3. The van der Waals surface area contributed by atoms with Gasteiger partial charge in [-0.05, 0) is 24.8 Å². The molecule has 0 saturated heterocycles. The van der Waals surface area contributed by atoms with Gasteiger partial charge in [0, 0.05) is 11.4 Å². The Hall–Kier alpha value is -1.38. The van der Waals surface area contributed by atoms with Crippen LogP contribution in [0.2, 0.25) is 0 Å². The predicted molar refractivity (Wildman–Crippen MR) is 68.9 cm³/mol. The zero-order valence-electron chi connectivity index (χ0n) is 9.71. The van der Waals surface area contributed by atoms with Crippen LogP contribution in [0.4, 0.5) is 5.82 Å². The van der Waals surface area contributed by atoms with Crippen molar-refractivity contribution in [3.63, 3.8) is 0 Å². The second kappa shape index (κ2) is 5.09. The largest absolute Gasteiger partial charge is 0.380 e. The third-order valence-corrected chi connectivity index (χ3v) is 4.90. The van der Waals surface area contributed by atoms with Crippen LogP contribution in [0.15, 0.2) is 26.9 Å². The molecule has 8 heteroatoms. The molecule has 0 unspecified atom stereocenters. The summed E-state index contributed by atoms with van der Waals surface area (Å²) in [6.45, 7) is 1.82. The zero-order chi connectivity index (χ0) is 13.2. The Morgan fingerprint density at radius 3 is 2.89 bits per heavy atom. The molecule has 0 fully saturated rings. The summed E-state index contributed by atoms with van der Waals surface area (Å²) < 4.78 is 31.2. The maximum atomic E-state index is 12.0. The van der Waals surface area contributed by atoms with Gasteiger partial charge in [0.15, 0.2) is 16.5 Å². The van der Waals surface area contributed by atoms with Gasteiger partial charge in [-0.3, -0.25) is 0 Å². The molecule has 2 heterocycles. The molecular weight excluding hydrogens is 274 g/mol. The summed E-state index contributed by atoms with van der Waals surface area (Å²) in [7, 11) is -3.66. The fraction of sp³-hybridized carbons (Fsp3) is 0.300. The van der Waals surface area contributed by atoms with Crippen molar-refractivity contribution in [3.8, 4) is 0 Å². The van der Waals surface area contributed by atoms with Crippen molar-refractivity contribution in [3.05, 3.63) is 28.2 Å². The van der Waals surface area contributed by atoms with Crippen LogP contribution in [-0.2, 0) is 16.4 Å². The summed E-state index contributed by atoms with van der Waals surface area (Å²) in [5.41, 5.74) is 5.47. The molecule has 0 aliphatic carbocycles. The van der Waals surface area contributed by atoms with E-state index >= 15 is 0 Å². The van der Waals surface area contributed by atoms with E-state index in [-0.39, 0.29) is 16.5 Å². The van der Waals surface area contributed by atoms with Crippen molar-refractivity contribution in [1.29, 1.82) is 0 Å². The number of hydrogen-bond acceptors (Lipinski definition) is 6. The van der Waals surface area contributed by atoms with Crippen LogP contribution >= 0.6 is 11.3 Å². The molecule has 0 aromatic carbocycles. The van der Waals surface area contributed by atoms with Crippen LogP contribution < -0.4 is 10.5 Å². The van der Waals surface area contributed by atoms with Crippen LogP contribution in [0.1, 0.15) is 10.6 Å². The number of thiophene rings is 1. The number of sulfonamides is 1. The van der Waals surface area contributed by atoms with Crippen LogP contribution in [0, 0.1) is 6.92 Å². The van der Waals surface area contributed by atoms with E-state index in [0.717, 1.165) is 4.88 Å². The summed E-state index contributed by atoms with van der Waals surface area (Å²) in [5, 5.41) is 5.38. The first kappa shape index (κ1) is 13.1. The lowest BCUT2D eigenvalue weighted by molar-refractivity contribution is 0.396. The van der Waals surface area contributed by atoms with Gasteiger partial charge in [-0.2, -0.15) is 0 Å². The van der Waals surface area contributed by atoms with Crippen LogP contribution in [0.3, 0.4) is 0 Å². The molecule has 0 spiro atoms. The van der Waals surface area contributed by atoms with E-state index in [4.69, 9.17) is 10.3 Å². The van der Waals surface area contributed by atoms with Gasteiger partial charge in [0.2, 0.25) is 10.0 Å². The Morgan fingerprint density at radius 1 is 1.56 bits per heavy atom. The van der Waals surface area contributed by atoms with Crippen molar-refractivity contribution in [2.24, 2.45) is 0 Å². The van der Waals surface area contributed by atoms with Gasteiger partial charge in [-0.25, -0.2) is 13.1 Å². The molecule has 0 amide bonds. The van der Waals surface area contributed by atoms with Crippen LogP contribution in [0.25, 0.3) is 0 Å². The SMILES string of the molecule is Cc1onc(N)c1S(=O)(=O)NCCc1cccs1. The fourth-order valence-corrected chi connectivity index (χ4v) is 3.50. The monoisotopic (exact) mass is 287 g/mol. The maximum absolute atomic E-state index is 12.0. The molecule has 98 valence electrons. The first-order valence-electron chi connectivity index (χ1n) is 5.24. The highest BCUT2D eigenvalue weighted by molar-refractivity contribution is 7.89. The predicted octanol–water partition coefficient (Wildman–Crippen LogP) is 1.15. The lowest BCUT2D eigenvalue weighted by Crippen LogP contribution is -2.26. The minimum Gasteiger partial charge on any atom is -0.380 e. The number of hydrogen-bond donors (Lipinski definition) is 2. The van der Waals surface area contributed by atoms with Gasteiger partial charge < -0.3 is 10.3 Å².